The normalized spacial score (nSPS) is 14.4. The zero-order chi connectivity index (χ0) is 14.8. The van der Waals surface area contributed by atoms with Gasteiger partial charge in [0.15, 0.2) is 0 Å². The van der Waals surface area contributed by atoms with Crippen LogP contribution in [0.2, 0.25) is 5.02 Å². The molecule has 1 amide bonds. The first-order valence-electron chi connectivity index (χ1n) is 6.82. The average Bonchev–Trinajstić information content (AvgIpc) is 2.69. The lowest BCUT2D eigenvalue weighted by molar-refractivity contribution is 0.100. The molecule has 108 valence electrons. The maximum Gasteiger partial charge on any atom is 0.250 e. The maximum atomic E-state index is 11.7. The third kappa shape index (κ3) is 2.73. The molecule has 2 aromatic rings. The second-order valence-electron chi connectivity index (χ2n) is 4.98. The SMILES string of the molecule is NC(=O)c1cc(Cl)ccc1N1CCNCc2ccccc21. The van der Waals surface area contributed by atoms with Gasteiger partial charge in [-0.15, -0.1) is 0 Å². The van der Waals surface area contributed by atoms with Crippen molar-refractivity contribution in [2.75, 3.05) is 18.0 Å². The number of hydrogen-bond donors (Lipinski definition) is 2. The van der Waals surface area contributed by atoms with Gasteiger partial charge in [0.25, 0.3) is 5.91 Å². The van der Waals surface area contributed by atoms with Gasteiger partial charge >= 0.3 is 0 Å². The van der Waals surface area contributed by atoms with Gasteiger partial charge in [0.1, 0.15) is 0 Å². The van der Waals surface area contributed by atoms with E-state index in [2.05, 4.69) is 22.3 Å². The van der Waals surface area contributed by atoms with E-state index in [1.165, 1.54) is 5.56 Å². The minimum atomic E-state index is -0.470. The minimum Gasteiger partial charge on any atom is -0.366 e. The molecule has 3 rings (SSSR count). The number of benzene rings is 2. The van der Waals surface area contributed by atoms with Crippen molar-refractivity contribution in [2.24, 2.45) is 5.73 Å². The number of carbonyl (C=O) groups excluding carboxylic acids is 1. The molecule has 3 N–H and O–H groups in total. The highest BCUT2D eigenvalue weighted by molar-refractivity contribution is 6.31. The number of carbonyl (C=O) groups is 1. The van der Waals surface area contributed by atoms with Crippen LogP contribution in [-0.4, -0.2) is 19.0 Å². The van der Waals surface area contributed by atoms with Crippen LogP contribution in [0.3, 0.4) is 0 Å². The molecule has 1 aliphatic heterocycles. The van der Waals surface area contributed by atoms with Gasteiger partial charge < -0.3 is 16.0 Å². The molecule has 0 atom stereocenters. The van der Waals surface area contributed by atoms with E-state index in [1.54, 1.807) is 12.1 Å². The summed E-state index contributed by atoms with van der Waals surface area (Å²) in [5, 5.41) is 3.89. The predicted molar refractivity (Wildman–Crippen MR) is 85.1 cm³/mol. The molecule has 0 aromatic heterocycles. The van der Waals surface area contributed by atoms with Crippen molar-refractivity contribution in [3.8, 4) is 0 Å². The summed E-state index contributed by atoms with van der Waals surface area (Å²) in [5.41, 5.74) is 9.03. The summed E-state index contributed by atoms with van der Waals surface area (Å²) in [6, 6.07) is 13.4. The Morgan fingerprint density at radius 3 is 2.81 bits per heavy atom. The largest absolute Gasteiger partial charge is 0.366 e. The Hall–Kier alpha value is -2.04. The fourth-order valence-electron chi connectivity index (χ4n) is 2.65. The van der Waals surface area contributed by atoms with Gasteiger partial charge in [-0.05, 0) is 29.8 Å². The Balaban J connectivity index is 2.14. The van der Waals surface area contributed by atoms with E-state index in [-0.39, 0.29) is 0 Å². The monoisotopic (exact) mass is 301 g/mol. The molecule has 4 nitrogen and oxygen atoms in total. The number of hydrogen-bond acceptors (Lipinski definition) is 3. The van der Waals surface area contributed by atoms with Crippen LogP contribution < -0.4 is 16.0 Å². The minimum absolute atomic E-state index is 0.444. The van der Waals surface area contributed by atoms with E-state index in [0.717, 1.165) is 31.0 Å². The average molecular weight is 302 g/mol. The molecule has 21 heavy (non-hydrogen) atoms. The highest BCUT2D eigenvalue weighted by Crippen LogP contribution is 2.33. The Kier molecular flexibility index (Phi) is 3.82. The molecule has 0 aliphatic carbocycles. The predicted octanol–water partition coefficient (Wildman–Crippen LogP) is 2.68. The van der Waals surface area contributed by atoms with Crippen molar-refractivity contribution >= 4 is 28.9 Å². The molecule has 2 aromatic carbocycles. The van der Waals surface area contributed by atoms with Crippen LogP contribution in [0.1, 0.15) is 15.9 Å². The molecular formula is C16H16ClN3O. The van der Waals surface area contributed by atoms with E-state index >= 15 is 0 Å². The fourth-order valence-corrected chi connectivity index (χ4v) is 2.82. The molecule has 0 fully saturated rings. The van der Waals surface area contributed by atoms with Crippen molar-refractivity contribution in [1.29, 1.82) is 0 Å². The van der Waals surface area contributed by atoms with Gasteiger partial charge in [-0.1, -0.05) is 29.8 Å². The van der Waals surface area contributed by atoms with Crippen molar-refractivity contribution in [1.82, 2.24) is 5.32 Å². The molecular weight excluding hydrogens is 286 g/mol. The lowest BCUT2D eigenvalue weighted by atomic mass is 10.1. The number of halogens is 1. The van der Waals surface area contributed by atoms with Crippen molar-refractivity contribution in [2.45, 2.75) is 6.54 Å². The van der Waals surface area contributed by atoms with E-state index < -0.39 is 5.91 Å². The Morgan fingerprint density at radius 1 is 1.19 bits per heavy atom. The van der Waals surface area contributed by atoms with E-state index in [9.17, 15) is 4.79 Å². The van der Waals surface area contributed by atoms with Crippen LogP contribution in [0, 0.1) is 0 Å². The quantitative estimate of drug-likeness (QED) is 0.896. The zero-order valence-corrected chi connectivity index (χ0v) is 12.2. The van der Waals surface area contributed by atoms with Crippen molar-refractivity contribution in [3.63, 3.8) is 0 Å². The molecule has 0 spiro atoms. The highest BCUT2D eigenvalue weighted by Gasteiger charge is 2.20. The Bertz CT molecular complexity index is 687. The van der Waals surface area contributed by atoms with Crippen LogP contribution in [0.25, 0.3) is 0 Å². The first kappa shape index (κ1) is 13.9. The first-order chi connectivity index (χ1) is 10.2. The summed E-state index contributed by atoms with van der Waals surface area (Å²) in [5.74, 6) is -0.470. The number of primary amides is 1. The summed E-state index contributed by atoms with van der Waals surface area (Å²) in [7, 11) is 0. The highest BCUT2D eigenvalue weighted by atomic mass is 35.5. The van der Waals surface area contributed by atoms with Crippen LogP contribution in [-0.2, 0) is 6.54 Å². The third-order valence-corrected chi connectivity index (χ3v) is 3.86. The molecule has 5 heteroatoms. The number of anilines is 2. The summed E-state index contributed by atoms with van der Waals surface area (Å²) in [4.78, 5) is 13.9. The second kappa shape index (κ2) is 5.76. The van der Waals surface area contributed by atoms with Gasteiger partial charge in [-0.3, -0.25) is 4.79 Å². The molecule has 1 aliphatic rings. The van der Waals surface area contributed by atoms with Crippen LogP contribution >= 0.6 is 11.6 Å². The summed E-state index contributed by atoms with van der Waals surface area (Å²) in [6.07, 6.45) is 0. The summed E-state index contributed by atoms with van der Waals surface area (Å²) in [6.45, 7) is 2.40. The molecule has 0 saturated heterocycles. The van der Waals surface area contributed by atoms with E-state index in [0.29, 0.717) is 10.6 Å². The van der Waals surface area contributed by atoms with Crippen LogP contribution in [0.15, 0.2) is 42.5 Å². The third-order valence-electron chi connectivity index (χ3n) is 3.62. The Morgan fingerprint density at radius 2 is 2.00 bits per heavy atom. The van der Waals surface area contributed by atoms with Gasteiger partial charge in [0.05, 0.1) is 11.3 Å². The molecule has 0 bridgehead atoms. The smallest absolute Gasteiger partial charge is 0.250 e. The first-order valence-corrected chi connectivity index (χ1v) is 7.20. The maximum absolute atomic E-state index is 11.7. The van der Waals surface area contributed by atoms with Crippen LogP contribution in [0.5, 0.6) is 0 Å². The van der Waals surface area contributed by atoms with E-state index in [4.69, 9.17) is 17.3 Å². The second-order valence-corrected chi connectivity index (χ2v) is 5.42. The van der Waals surface area contributed by atoms with Crippen molar-refractivity contribution < 1.29 is 4.79 Å². The number of para-hydroxylation sites is 1. The zero-order valence-electron chi connectivity index (χ0n) is 11.5. The summed E-state index contributed by atoms with van der Waals surface area (Å²) < 4.78 is 0. The molecule has 1 heterocycles. The number of rotatable bonds is 2. The number of fused-ring (bicyclic) bond motifs is 1. The molecule has 0 radical (unpaired) electrons. The van der Waals surface area contributed by atoms with Gasteiger partial charge in [0, 0.05) is 30.3 Å². The number of amides is 1. The van der Waals surface area contributed by atoms with E-state index in [1.807, 2.05) is 18.2 Å². The standard InChI is InChI=1S/C16H16ClN3O/c17-12-5-6-15(13(9-12)16(18)21)20-8-7-19-10-11-3-1-2-4-14(11)20/h1-6,9,19H,7-8,10H2,(H2,18,21). The van der Waals surface area contributed by atoms with Crippen LogP contribution in [0.4, 0.5) is 11.4 Å². The lowest BCUT2D eigenvalue weighted by Gasteiger charge is -2.26. The fraction of sp³-hybridized carbons (Fsp3) is 0.188. The number of nitrogens with two attached hydrogens (primary N) is 1. The lowest BCUT2D eigenvalue weighted by Crippen LogP contribution is -2.27. The van der Waals surface area contributed by atoms with Gasteiger partial charge in [0.2, 0.25) is 0 Å². The molecule has 0 unspecified atom stereocenters. The van der Waals surface area contributed by atoms with Crippen molar-refractivity contribution in [3.05, 3.63) is 58.6 Å². The summed E-state index contributed by atoms with van der Waals surface area (Å²) >= 11 is 5.99. The van der Waals surface area contributed by atoms with Gasteiger partial charge in [-0.2, -0.15) is 0 Å². The topological polar surface area (TPSA) is 58.4 Å². The Labute approximate surface area is 128 Å². The van der Waals surface area contributed by atoms with Gasteiger partial charge in [-0.25, -0.2) is 0 Å². The number of nitrogens with zero attached hydrogens (tertiary/aromatic N) is 1. The molecule has 0 saturated carbocycles. The number of nitrogens with one attached hydrogen (secondary N) is 1.